The summed E-state index contributed by atoms with van der Waals surface area (Å²) in [4.78, 5) is 8.03. The molecular formula is C10H8ClN3S. The molecule has 0 spiro atoms. The van der Waals surface area contributed by atoms with Crippen molar-refractivity contribution in [3.63, 3.8) is 0 Å². The third kappa shape index (κ3) is 3.11. The maximum atomic E-state index is 5.63. The maximum absolute atomic E-state index is 5.63. The second-order valence-electron chi connectivity index (χ2n) is 2.75. The van der Waals surface area contributed by atoms with Crippen molar-refractivity contribution >= 4 is 29.2 Å². The number of benzene rings is 1. The normalized spacial score (nSPS) is 9.93. The van der Waals surface area contributed by atoms with E-state index in [1.165, 1.54) is 18.1 Å². The van der Waals surface area contributed by atoms with Crippen LogP contribution in [0.5, 0.6) is 0 Å². The van der Waals surface area contributed by atoms with Crippen molar-refractivity contribution in [1.82, 2.24) is 9.97 Å². The number of para-hydroxylation sites is 1. The van der Waals surface area contributed by atoms with Crippen LogP contribution in [0.4, 0.5) is 5.69 Å². The van der Waals surface area contributed by atoms with Crippen molar-refractivity contribution in [2.75, 3.05) is 4.72 Å². The van der Waals surface area contributed by atoms with Crippen LogP contribution in [0.25, 0.3) is 0 Å². The molecule has 0 aliphatic carbocycles. The fourth-order valence-corrected chi connectivity index (χ4v) is 1.64. The molecule has 0 amide bonds. The summed E-state index contributed by atoms with van der Waals surface area (Å²) in [6.07, 6.45) is 3.15. The van der Waals surface area contributed by atoms with Crippen molar-refractivity contribution in [2.45, 2.75) is 5.03 Å². The van der Waals surface area contributed by atoms with Crippen LogP contribution in [-0.4, -0.2) is 9.97 Å². The van der Waals surface area contributed by atoms with Gasteiger partial charge in [-0.05, 0) is 12.1 Å². The van der Waals surface area contributed by atoms with Crippen LogP contribution < -0.4 is 4.72 Å². The molecule has 15 heavy (non-hydrogen) atoms. The lowest BCUT2D eigenvalue weighted by Crippen LogP contribution is -1.89. The number of aromatic nitrogens is 2. The molecule has 1 N–H and O–H groups in total. The Morgan fingerprint density at radius 3 is 2.53 bits per heavy atom. The topological polar surface area (TPSA) is 37.8 Å². The van der Waals surface area contributed by atoms with E-state index in [2.05, 4.69) is 14.7 Å². The molecule has 0 aliphatic rings. The van der Waals surface area contributed by atoms with Crippen molar-refractivity contribution in [1.29, 1.82) is 0 Å². The minimum Gasteiger partial charge on any atom is -0.324 e. The molecule has 1 aromatic heterocycles. The monoisotopic (exact) mass is 237 g/mol. The molecule has 0 saturated heterocycles. The first-order valence-electron chi connectivity index (χ1n) is 4.30. The van der Waals surface area contributed by atoms with E-state index in [1.54, 1.807) is 6.20 Å². The highest BCUT2D eigenvalue weighted by Crippen LogP contribution is 2.18. The van der Waals surface area contributed by atoms with Crippen LogP contribution in [0.1, 0.15) is 0 Å². The van der Waals surface area contributed by atoms with Crippen LogP contribution in [0, 0.1) is 0 Å². The highest BCUT2D eigenvalue weighted by molar-refractivity contribution is 8.00. The predicted molar refractivity (Wildman–Crippen MR) is 63.0 cm³/mol. The van der Waals surface area contributed by atoms with Crippen molar-refractivity contribution < 1.29 is 0 Å². The zero-order chi connectivity index (χ0) is 10.5. The number of halogens is 1. The first-order chi connectivity index (χ1) is 7.34. The lowest BCUT2D eigenvalue weighted by atomic mass is 10.3. The Kier molecular flexibility index (Phi) is 3.42. The van der Waals surface area contributed by atoms with Crippen LogP contribution in [0.2, 0.25) is 5.15 Å². The van der Waals surface area contributed by atoms with Gasteiger partial charge < -0.3 is 4.72 Å². The molecule has 0 saturated carbocycles. The lowest BCUT2D eigenvalue weighted by Gasteiger charge is -2.03. The van der Waals surface area contributed by atoms with Gasteiger partial charge in [0.2, 0.25) is 0 Å². The molecule has 5 heteroatoms. The fraction of sp³-hybridized carbons (Fsp3) is 0. The number of nitrogens with one attached hydrogen (secondary N) is 1. The molecule has 0 radical (unpaired) electrons. The van der Waals surface area contributed by atoms with Crippen molar-refractivity contribution in [3.05, 3.63) is 47.9 Å². The van der Waals surface area contributed by atoms with E-state index in [-0.39, 0.29) is 0 Å². The fourth-order valence-electron chi connectivity index (χ4n) is 0.971. The average molecular weight is 238 g/mol. The van der Waals surface area contributed by atoms with E-state index in [1.807, 2.05) is 30.3 Å². The summed E-state index contributed by atoms with van der Waals surface area (Å²) in [5, 5.41) is 1.18. The van der Waals surface area contributed by atoms with Gasteiger partial charge in [-0.15, -0.1) is 0 Å². The zero-order valence-corrected chi connectivity index (χ0v) is 9.29. The predicted octanol–water partition coefficient (Wildman–Crippen LogP) is 3.25. The van der Waals surface area contributed by atoms with Gasteiger partial charge in [0.15, 0.2) is 0 Å². The van der Waals surface area contributed by atoms with E-state index in [4.69, 9.17) is 11.6 Å². The van der Waals surface area contributed by atoms with Crippen molar-refractivity contribution in [3.8, 4) is 0 Å². The number of anilines is 1. The standard InChI is InChI=1S/C10H8ClN3S/c11-9-6-13-10(7-12-9)15-14-8-4-2-1-3-5-8/h1-7,14H. The van der Waals surface area contributed by atoms with Crippen LogP contribution in [-0.2, 0) is 0 Å². The van der Waals surface area contributed by atoms with E-state index < -0.39 is 0 Å². The quantitative estimate of drug-likeness (QED) is 0.832. The van der Waals surface area contributed by atoms with Gasteiger partial charge in [0.25, 0.3) is 0 Å². The molecule has 3 nitrogen and oxygen atoms in total. The summed E-state index contributed by atoms with van der Waals surface area (Å²) in [5.74, 6) is 0. The minimum absolute atomic E-state index is 0.402. The van der Waals surface area contributed by atoms with E-state index in [0.29, 0.717) is 5.15 Å². The second-order valence-corrected chi connectivity index (χ2v) is 3.96. The number of nitrogens with zero attached hydrogens (tertiary/aromatic N) is 2. The average Bonchev–Trinajstić information content (AvgIpc) is 2.30. The van der Waals surface area contributed by atoms with Gasteiger partial charge in [-0.25, -0.2) is 9.97 Å². The Hall–Kier alpha value is -1.26. The van der Waals surface area contributed by atoms with Gasteiger partial charge in [-0.3, -0.25) is 0 Å². The molecule has 0 bridgehead atoms. The molecule has 2 aromatic rings. The van der Waals surface area contributed by atoms with Crippen LogP contribution >= 0.6 is 23.5 Å². The second kappa shape index (κ2) is 5.00. The Balaban J connectivity index is 1.96. The first kappa shape index (κ1) is 10.3. The van der Waals surface area contributed by atoms with Gasteiger partial charge >= 0.3 is 0 Å². The summed E-state index contributed by atoms with van der Waals surface area (Å²) in [5.41, 5.74) is 1.03. The summed E-state index contributed by atoms with van der Waals surface area (Å²) in [6, 6.07) is 9.87. The van der Waals surface area contributed by atoms with E-state index >= 15 is 0 Å². The Morgan fingerprint density at radius 1 is 1.07 bits per heavy atom. The number of hydrogen-bond acceptors (Lipinski definition) is 4. The molecule has 0 unspecified atom stereocenters. The molecule has 0 atom stereocenters. The smallest absolute Gasteiger partial charge is 0.147 e. The summed E-state index contributed by atoms with van der Waals surface area (Å²) < 4.78 is 3.15. The molecule has 2 rings (SSSR count). The van der Waals surface area contributed by atoms with Gasteiger partial charge in [-0.2, -0.15) is 0 Å². The minimum atomic E-state index is 0.402. The molecule has 0 aliphatic heterocycles. The largest absolute Gasteiger partial charge is 0.324 e. The summed E-state index contributed by atoms with van der Waals surface area (Å²) in [7, 11) is 0. The van der Waals surface area contributed by atoms with Gasteiger partial charge in [-0.1, -0.05) is 29.8 Å². The van der Waals surface area contributed by atoms with Crippen molar-refractivity contribution in [2.24, 2.45) is 0 Å². The van der Waals surface area contributed by atoms with Gasteiger partial charge in [0, 0.05) is 17.6 Å². The molecule has 76 valence electrons. The Labute approximate surface area is 97.0 Å². The van der Waals surface area contributed by atoms with E-state index in [0.717, 1.165) is 10.7 Å². The summed E-state index contributed by atoms with van der Waals surface area (Å²) in [6.45, 7) is 0. The van der Waals surface area contributed by atoms with Crippen LogP contribution in [0.15, 0.2) is 47.8 Å². The van der Waals surface area contributed by atoms with Crippen LogP contribution in [0.3, 0.4) is 0 Å². The molecule has 0 fully saturated rings. The summed E-state index contributed by atoms with van der Waals surface area (Å²) >= 11 is 7.03. The number of rotatable bonds is 3. The van der Waals surface area contributed by atoms with Gasteiger partial charge in [0.05, 0.1) is 12.4 Å². The third-order valence-electron chi connectivity index (χ3n) is 1.64. The first-order valence-corrected chi connectivity index (χ1v) is 5.49. The maximum Gasteiger partial charge on any atom is 0.147 e. The SMILES string of the molecule is Clc1cnc(SNc2ccccc2)cn1. The van der Waals surface area contributed by atoms with Gasteiger partial charge in [0.1, 0.15) is 10.2 Å². The lowest BCUT2D eigenvalue weighted by molar-refractivity contribution is 1.06. The highest BCUT2D eigenvalue weighted by Gasteiger charge is 1.96. The molecule has 1 aromatic carbocycles. The zero-order valence-electron chi connectivity index (χ0n) is 7.72. The number of hydrogen-bond donors (Lipinski definition) is 1. The Morgan fingerprint density at radius 2 is 1.87 bits per heavy atom. The van der Waals surface area contributed by atoms with E-state index in [9.17, 15) is 0 Å². The third-order valence-corrected chi connectivity index (χ3v) is 2.60. The molecule has 1 heterocycles. The molecular weight excluding hydrogens is 230 g/mol. The Bertz CT molecular complexity index is 418. The highest BCUT2D eigenvalue weighted by atomic mass is 35.5.